The van der Waals surface area contributed by atoms with Gasteiger partial charge < -0.3 is 23.8 Å². The lowest BCUT2D eigenvalue weighted by Gasteiger charge is -2.25. The molecule has 0 saturated heterocycles. The van der Waals surface area contributed by atoms with Gasteiger partial charge in [-0.25, -0.2) is 0 Å². The Morgan fingerprint density at radius 2 is 1.91 bits per heavy atom. The van der Waals surface area contributed by atoms with Gasteiger partial charge in [0.1, 0.15) is 18.1 Å². The smallest absolute Gasteiger partial charge is 0.230 e. The van der Waals surface area contributed by atoms with Crippen LogP contribution in [0.25, 0.3) is 11.3 Å². The lowest BCUT2D eigenvalue weighted by Crippen LogP contribution is -2.25. The molecule has 1 amide bonds. The van der Waals surface area contributed by atoms with Crippen LogP contribution in [0.15, 0.2) is 70.2 Å². The van der Waals surface area contributed by atoms with Crippen molar-refractivity contribution in [2.24, 2.45) is 7.05 Å². The number of aromatic nitrogens is 3. The van der Waals surface area contributed by atoms with Gasteiger partial charge in [0, 0.05) is 17.6 Å². The molecular weight excluding hydrogens is 476 g/mol. The standard InChI is InChI=1S/C24H21ClN4O4S/c1-29-23(21-13-31-19-4-2-3-5-20(19)33-21)27-28-24(29)34-14-22(30)26-12-17-10-11-18(32-17)15-6-8-16(25)9-7-15/h2-11,21H,12-14H2,1H3,(H,26,30)/t21-/m0/s1. The first-order valence-corrected chi connectivity index (χ1v) is 11.9. The summed E-state index contributed by atoms with van der Waals surface area (Å²) in [5, 5.41) is 12.6. The summed E-state index contributed by atoms with van der Waals surface area (Å²) < 4.78 is 19.4. The number of carbonyl (C=O) groups excluding carboxylic acids is 1. The molecule has 1 aliphatic rings. The minimum absolute atomic E-state index is 0.134. The maximum Gasteiger partial charge on any atom is 0.230 e. The molecule has 1 atom stereocenters. The number of thioether (sulfide) groups is 1. The van der Waals surface area contributed by atoms with Crippen molar-refractivity contribution in [3.8, 4) is 22.8 Å². The Morgan fingerprint density at radius 3 is 2.74 bits per heavy atom. The molecule has 3 heterocycles. The molecule has 8 nitrogen and oxygen atoms in total. The molecule has 4 aromatic rings. The summed E-state index contributed by atoms with van der Waals surface area (Å²) in [6, 6.07) is 18.6. The van der Waals surface area contributed by atoms with Crippen LogP contribution in [-0.2, 0) is 18.4 Å². The molecule has 0 fully saturated rings. The van der Waals surface area contributed by atoms with Gasteiger partial charge >= 0.3 is 0 Å². The maximum atomic E-state index is 12.4. The zero-order valence-corrected chi connectivity index (χ0v) is 19.8. The zero-order chi connectivity index (χ0) is 23.5. The number of furan rings is 1. The molecule has 0 bridgehead atoms. The Morgan fingerprint density at radius 1 is 1.12 bits per heavy atom. The van der Waals surface area contributed by atoms with Gasteiger partial charge in [0.2, 0.25) is 5.91 Å². The molecule has 34 heavy (non-hydrogen) atoms. The number of halogens is 1. The predicted molar refractivity (Wildman–Crippen MR) is 128 cm³/mol. The fourth-order valence-corrected chi connectivity index (χ4v) is 4.36. The van der Waals surface area contributed by atoms with Crippen molar-refractivity contribution in [1.29, 1.82) is 0 Å². The third kappa shape index (κ3) is 4.90. The number of amides is 1. The summed E-state index contributed by atoms with van der Waals surface area (Å²) in [7, 11) is 1.85. The summed E-state index contributed by atoms with van der Waals surface area (Å²) in [6.07, 6.45) is -0.371. The van der Waals surface area contributed by atoms with E-state index in [0.29, 0.717) is 46.4 Å². The van der Waals surface area contributed by atoms with Crippen molar-refractivity contribution in [1.82, 2.24) is 20.1 Å². The summed E-state index contributed by atoms with van der Waals surface area (Å²) in [5.74, 6) is 3.48. The van der Waals surface area contributed by atoms with E-state index in [-0.39, 0.29) is 17.8 Å². The first kappa shape index (κ1) is 22.4. The van der Waals surface area contributed by atoms with E-state index in [4.69, 9.17) is 25.5 Å². The summed E-state index contributed by atoms with van der Waals surface area (Å²) in [4.78, 5) is 12.4. The Hall–Kier alpha value is -3.43. The highest BCUT2D eigenvalue weighted by Crippen LogP contribution is 2.35. The normalized spacial score (nSPS) is 14.7. The van der Waals surface area contributed by atoms with E-state index >= 15 is 0 Å². The van der Waals surface area contributed by atoms with E-state index in [0.717, 1.165) is 11.3 Å². The van der Waals surface area contributed by atoms with Crippen molar-refractivity contribution < 1.29 is 18.7 Å². The van der Waals surface area contributed by atoms with Gasteiger partial charge in [-0.05, 0) is 48.5 Å². The SMILES string of the molecule is Cn1c(SCC(=O)NCc2ccc(-c3ccc(Cl)cc3)o2)nnc1[C@@H]1COc2ccccc2O1. The number of nitrogens with zero attached hydrogens (tertiary/aromatic N) is 3. The van der Waals surface area contributed by atoms with Gasteiger partial charge in [-0.2, -0.15) is 0 Å². The predicted octanol–water partition coefficient (Wildman–Crippen LogP) is 4.65. The molecule has 2 aromatic carbocycles. The van der Waals surface area contributed by atoms with Crippen LogP contribution in [0.4, 0.5) is 0 Å². The number of rotatable bonds is 7. The van der Waals surface area contributed by atoms with Crippen molar-refractivity contribution in [3.05, 3.63) is 77.3 Å². The second-order valence-electron chi connectivity index (χ2n) is 7.60. The fraction of sp³-hybridized carbons (Fsp3) is 0.208. The first-order valence-electron chi connectivity index (χ1n) is 10.6. The highest BCUT2D eigenvalue weighted by molar-refractivity contribution is 7.99. The first-order chi connectivity index (χ1) is 16.6. The molecule has 1 N–H and O–H groups in total. The topological polar surface area (TPSA) is 91.4 Å². The van der Waals surface area contributed by atoms with Crippen LogP contribution in [0.1, 0.15) is 17.7 Å². The molecule has 174 valence electrons. The highest BCUT2D eigenvalue weighted by Gasteiger charge is 2.27. The van der Waals surface area contributed by atoms with Crippen LogP contribution in [0.3, 0.4) is 0 Å². The molecule has 1 aliphatic heterocycles. The Balaban J connectivity index is 1.13. The fourth-order valence-electron chi connectivity index (χ4n) is 3.49. The summed E-state index contributed by atoms with van der Waals surface area (Å²) >= 11 is 7.23. The number of para-hydroxylation sites is 2. The van der Waals surface area contributed by atoms with E-state index in [2.05, 4.69) is 15.5 Å². The maximum absolute atomic E-state index is 12.4. The van der Waals surface area contributed by atoms with Gasteiger partial charge in [-0.15, -0.1) is 10.2 Å². The monoisotopic (exact) mass is 496 g/mol. The number of nitrogens with one attached hydrogen (secondary N) is 1. The van der Waals surface area contributed by atoms with E-state index in [9.17, 15) is 4.79 Å². The van der Waals surface area contributed by atoms with Gasteiger partial charge in [-0.3, -0.25) is 4.79 Å². The number of carbonyl (C=O) groups is 1. The number of hydrogen-bond donors (Lipinski definition) is 1. The van der Waals surface area contributed by atoms with Gasteiger partial charge in [0.15, 0.2) is 28.6 Å². The van der Waals surface area contributed by atoms with Crippen LogP contribution in [-0.4, -0.2) is 33.0 Å². The molecule has 0 radical (unpaired) electrons. The summed E-state index contributed by atoms with van der Waals surface area (Å²) in [5.41, 5.74) is 0.923. The number of ether oxygens (including phenoxy) is 2. The molecular formula is C24H21ClN4O4S. The van der Waals surface area contributed by atoms with E-state index in [1.165, 1.54) is 11.8 Å². The average molecular weight is 497 g/mol. The van der Waals surface area contributed by atoms with Gasteiger partial charge in [0.25, 0.3) is 0 Å². The quantitative estimate of drug-likeness (QED) is 0.372. The largest absolute Gasteiger partial charge is 0.485 e. The van der Waals surface area contributed by atoms with E-state index in [1.54, 1.807) is 0 Å². The molecule has 0 unspecified atom stereocenters. The third-order valence-corrected chi connectivity index (χ3v) is 6.52. The molecule has 10 heteroatoms. The number of fused-ring (bicyclic) bond motifs is 1. The van der Waals surface area contributed by atoms with Crippen LogP contribution >= 0.6 is 23.4 Å². The van der Waals surface area contributed by atoms with Crippen molar-refractivity contribution in [3.63, 3.8) is 0 Å². The molecule has 2 aromatic heterocycles. The van der Waals surface area contributed by atoms with E-state index in [1.807, 2.05) is 72.3 Å². The minimum atomic E-state index is -0.371. The third-order valence-electron chi connectivity index (χ3n) is 5.25. The highest BCUT2D eigenvalue weighted by atomic mass is 35.5. The average Bonchev–Trinajstić information content (AvgIpc) is 3.48. The lowest BCUT2D eigenvalue weighted by molar-refractivity contribution is -0.118. The lowest BCUT2D eigenvalue weighted by atomic mass is 10.2. The Kier molecular flexibility index (Phi) is 6.46. The van der Waals surface area contributed by atoms with Crippen LogP contribution < -0.4 is 14.8 Å². The molecule has 5 rings (SSSR count). The zero-order valence-electron chi connectivity index (χ0n) is 18.2. The van der Waals surface area contributed by atoms with E-state index < -0.39 is 0 Å². The molecule has 0 spiro atoms. The number of benzene rings is 2. The molecule has 0 aliphatic carbocycles. The summed E-state index contributed by atoms with van der Waals surface area (Å²) in [6.45, 7) is 0.638. The second kappa shape index (κ2) is 9.82. The van der Waals surface area contributed by atoms with Crippen molar-refractivity contribution in [2.45, 2.75) is 17.8 Å². The second-order valence-corrected chi connectivity index (χ2v) is 8.98. The van der Waals surface area contributed by atoms with Crippen molar-refractivity contribution in [2.75, 3.05) is 12.4 Å². The number of hydrogen-bond acceptors (Lipinski definition) is 7. The van der Waals surface area contributed by atoms with Gasteiger partial charge in [0.05, 0.1) is 12.3 Å². The molecule has 0 saturated carbocycles. The van der Waals surface area contributed by atoms with Crippen LogP contribution in [0.5, 0.6) is 11.5 Å². The van der Waals surface area contributed by atoms with Crippen LogP contribution in [0.2, 0.25) is 5.02 Å². The van der Waals surface area contributed by atoms with Crippen molar-refractivity contribution >= 4 is 29.3 Å². The Bertz CT molecular complexity index is 1300. The van der Waals surface area contributed by atoms with Crippen LogP contribution in [0, 0.1) is 0 Å². The Labute approximate surface area is 205 Å². The van der Waals surface area contributed by atoms with Gasteiger partial charge in [-0.1, -0.05) is 35.5 Å². The minimum Gasteiger partial charge on any atom is -0.485 e.